The normalized spacial score (nSPS) is 20.3. The van der Waals surface area contributed by atoms with E-state index in [9.17, 15) is 9.90 Å². The molecule has 2 atom stereocenters. The Kier molecular flexibility index (Phi) is 4.51. The van der Waals surface area contributed by atoms with Gasteiger partial charge in [-0.3, -0.25) is 0 Å². The van der Waals surface area contributed by atoms with Gasteiger partial charge in [-0.1, -0.05) is 30.3 Å². The van der Waals surface area contributed by atoms with E-state index < -0.39 is 0 Å². The summed E-state index contributed by atoms with van der Waals surface area (Å²) in [5, 5.41) is 11.4. The molecule has 1 saturated heterocycles. The van der Waals surface area contributed by atoms with Gasteiger partial charge in [-0.15, -0.1) is 0 Å². The molecule has 26 heavy (non-hydrogen) atoms. The van der Waals surface area contributed by atoms with Crippen molar-refractivity contribution < 1.29 is 14.4 Å². The molecular formula is C22H24NO3+. The molecular weight excluding hydrogens is 326 g/mol. The van der Waals surface area contributed by atoms with E-state index in [1.807, 2.05) is 30.3 Å². The zero-order valence-corrected chi connectivity index (χ0v) is 15.0. The van der Waals surface area contributed by atoms with Crippen LogP contribution < -0.4 is 10.5 Å². The number of nitrogens with one attached hydrogen (secondary N) is 1. The summed E-state index contributed by atoms with van der Waals surface area (Å²) >= 11 is 0. The second-order valence-corrected chi connectivity index (χ2v) is 7.30. The fourth-order valence-electron chi connectivity index (χ4n) is 4.02. The van der Waals surface area contributed by atoms with Gasteiger partial charge in [-0.2, -0.15) is 0 Å². The van der Waals surface area contributed by atoms with Crippen molar-refractivity contribution in [1.82, 2.24) is 0 Å². The number of benzene rings is 2. The highest BCUT2D eigenvalue weighted by Gasteiger charge is 2.23. The molecule has 2 heterocycles. The average molecular weight is 350 g/mol. The number of phenols is 1. The van der Waals surface area contributed by atoms with Crippen LogP contribution in [0.25, 0.3) is 22.1 Å². The SMILES string of the molecule is C[C@H]1CCCC[NH+]1Cc1cc(=O)oc2cc(-c3ccccc3)c(O)cc12. The van der Waals surface area contributed by atoms with Crippen LogP contribution >= 0.6 is 0 Å². The van der Waals surface area contributed by atoms with Crippen molar-refractivity contribution in [2.75, 3.05) is 6.54 Å². The molecule has 1 fully saturated rings. The molecule has 0 amide bonds. The van der Waals surface area contributed by atoms with E-state index in [0.717, 1.165) is 29.6 Å². The van der Waals surface area contributed by atoms with Crippen LogP contribution in [0.15, 0.2) is 57.7 Å². The van der Waals surface area contributed by atoms with Gasteiger partial charge >= 0.3 is 5.63 Å². The third-order valence-electron chi connectivity index (χ3n) is 5.53. The molecule has 4 rings (SSSR count). The maximum absolute atomic E-state index is 12.1. The number of aromatic hydroxyl groups is 1. The topological polar surface area (TPSA) is 54.9 Å². The van der Waals surface area contributed by atoms with Crippen LogP contribution in [0.2, 0.25) is 0 Å². The lowest BCUT2D eigenvalue weighted by atomic mass is 9.99. The van der Waals surface area contributed by atoms with Gasteiger partial charge in [0.2, 0.25) is 0 Å². The molecule has 1 aliphatic rings. The van der Waals surface area contributed by atoms with E-state index >= 15 is 0 Å². The summed E-state index contributed by atoms with van der Waals surface area (Å²) in [6.45, 7) is 4.18. The molecule has 4 nitrogen and oxygen atoms in total. The number of hydrogen-bond donors (Lipinski definition) is 2. The van der Waals surface area contributed by atoms with Crippen molar-refractivity contribution in [3.63, 3.8) is 0 Å². The Morgan fingerprint density at radius 3 is 2.73 bits per heavy atom. The fourth-order valence-corrected chi connectivity index (χ4v) is 4.02. The van der Waals surface area contributed by atoms with Crippen molar-refractivity contribution in [3.8, 4) is 16.9 Å². The number of phenolic OH excluding ortho intramolecular Hbond substituents is 1. The Labute approximate surface area is 152 Å². The summed E-state index contributed by atoms with van der Waals surface area (Å²) in [5.41, 5.74) is 2.73. The molecule has 1 aliphatic heterocycles. The van der Waals surface area contributed by atoms with E-state index in [1.54, 1.807) is 18.2 Å². The lowest BCUT2D eigenvalue weighted by Crippen LogP contribution is -3.14. The maximum atomic E-state index is 12.1. The Bertz CT molecular complexity index is 978. The van der Waals surface area contributed by atoms with Crippen molar-refractivity contribution in [2.24, 2.45) is 0 Å². The Hall–Kier alpha value is -2.59. The summed E-state index contributed by atoms with van der Waals surface area (Å²) in [5.74, 6) is 0.209. The van der Waals surface area contributed by atoms with Crippen molar-refractivity contribution in [1.29, 1.82) is 0 Å². The summed E-state index contributed by atoms with van der Waals surface area (Å²) in [6, 6.07) is 15.3. The first-order valence-corrected chi connectivity index (χ1v) is 9.31. The standard InChI is InChI=1S/C22H23NO3/c1-15-7-5-6-10-23(15)14-17-11-22(25)26-21-13-18(20(24)12-19(17)21)16-8-3-2-4-9-16/h2-4,8-9,11-13,15,24H,5-7,10,14H2,1H3/p+1/t15-/m0/s1. The van der Waals surface area contributed by atoms with Gasteiger partial charge in [0.15, 0.2) is 0 Å². The third-order valence-corrected chi connectivity index (χ3v) is 5.53. The summed E-state index contributed by atoms with van der Waals surface area (Å²) in [7, 11) is 0. The van der Waals surface area contributed by atoms with Crippen LogP contribution in [0.4, 0.5) is 0 Å². The Balaban J connectivity index is 1.79. The number of piperidine rings is 1. The first kappa shape index (κ1) is 16.9. The van der Waals surface area contributed by atoms with E-state index in [2.05, 4.69) is 6.92 Å². The highest BCUT2D eigenvalue weighted by atomic mass is 16.4. The molecule has 3 aromatic rings. The maximum Gasteiger partial charge on any atom is 0.336 e. The minimum atomic E-state index is -0.332. The van der Waals surface area contributed by atoms with Gasteiger partial charge in [0.1, 0.15) is 17.9 Å². The van der Waals surface area contributed by atoms with Gasteiger partial charge < -0.3 is 14.4 Å². The molecule has 0 aliphatic carbocycles. The van der Waals surface area contributed by atoms with Crippen molar-refractivity contribution >= 4 is 11.0 Å². The van der Waals surface area contributed by atoms with Crippen LogP contribution in [0.3, 0.4) is 0 Å². The summed E-state index contributed by atoms with van der Waals surface area (Å²) < 4.78 is 5.46. The molecule has 0 spiro atoms. The molecule has 0 radical (unpaired) electrons. The number of fused-ring (bicyclic) bond motifs is 1. The minimum absolute atomic E-state index is 0.209. The first-order valence-electron chi connectivity index (χ1n) is 9.31. The molecule has 1 aromatic heterocycles. The minimum Gasteiger partial charge on any atom is -0.507 e. The monoisotopic (exact) mass is 350 g/mol. The first-order chi connectivity index (χ1) is 12.6. The van der Waals surface area contributed by atoms with E-state index in [4.69, 9.17) is 4.42 Å². The van der Waals surface area contributed by atoms with E-state index in [0.29, 0.717) is 17.2 Å². The van der Waals surface area contributed by atoms with Gasteiger partial charge in [0.25, 0.3) is 0 Å². The summed E-state index contributed by atoms with van der Waals surface area (Å²) in [4.78, 5) is 13.6. The fraction of sp³-hybridized carbons (Fsp3) is 0.318. The van der Waals surface area contributed by atoms with Crippen LogP contribution in [0.1, 0.15) is 31.7 Å². The smallest absolute Gasteiger partial charge is 0.336 e. The Morgan fingerprint density at radius 1 is 1.15 bits per heavy atom. The van der Waals surface area contributed by atoms with E-state index in [1.165, 1.54) is 24.2 Å². The third kappa shape index (κ3) is 3.25. The average Bonchev–Trinajstić information content (AvgIpc) is 2.64. The van der Waals surface area contributed by atoms with Crippen LogP contribution in [0, 0.1) is 0 Å². The van der Waals surface area contributed by atoms with Crippen LogP contribution in [0.5, 0.6) is 5.75 Å². The zero-order valence-electron chi connectivity index (χ0n) is 15.0. The second kappa shape index (κ2) is 6.96. The van der Waals surface area contributed by atoms with E-state index in [-0.39, 0.29) is 11.4 Å². The van der Waals surface area contributed by atoms with Gasteiger partial charge in [0.05, 0.1) is 12.6 Å². The van der Waals surface area contributed by atoms with Crippen molar-refractivity contribution in [3.05, 3.63) is 64.5 Å². The lowest BCUT2D eigenvalue weighted by Gasteiger charge is -2.30. The second-order valence-electron chi connectivity index (χ2n) is 7.30. The molecule has 0 bridgehead atoms. The lowest BCUT2D eigenvalue weighted by molar-refractivity contribution is -0.941. The van der Waals surface area contributed by atoms with Gasteiger partial charge in [-0.05, 0) is 43.9 Å². The molecule has 2 N–H and O–H groups in total. The molecule has 134 valence electrons. The molecule has 2 aromatic carbocycles. The molecule has 4 heteroatoms. The number of likely N-dealkylation sites (tertiary alicyclic amines) is 1. The van der Waals surface area contributed by atoms with Crippen molar-refractivity contribution in [2.45, 2.75) is 38.8 Å². The predicted octanol–water partition coefficient (Wildman–Crippen LogP) is 3.12. The zero-order chi connectivity index (χ0) is 18.1. The highest BCUT2D eigenvalue weighted by molar-refractivity contribution is 5.88. The van der Waals surface area contributed by atoms with Gasteiger partial charge in [0, 0.05) is 22.6 Å². The predicted molar refractivity (Wildman–Crippen MR) is 102 cm³/mol. The number of hydrogen-bond acceptors (Lipinski definition) is 3. The molecule has 1 unspecified atom stereocenters. The van der Waals surface area contributed by atoms with Crippen LogP contribution in [-0.2, 0) is 6.54 Å². The summed E-state index contributed by atoms with van der Waals surface area (Å²) in [6.07, 6.45) is 3.73. The molecule has 0 saturated carbocycles. The van der Waals surface area contributed by atoms with Crippen LogP contribution in [-0.4, -0.2) is 17.7 Å². The Morgan fingerprint density at radius 2 is 1.96 bits per heavy atom. The number of rotatable bonds is 3. The highest BCUT2D eigenvalue weighted by Crippen LogP contribution is 2.33. The quantitative estimate of drug-likeness (QED) is 0.714. The number of quaternary nitrogens is 1. The largest absolute Gasteiger partial charge is 0.507 e. The van der Waals surface area contributed by atoms with Gasteiger partial charge in [-0.25, -0.2) is 4.79 Å².